The highest BCUT2D eigenvalue weighted by molar-refractivity contribution is 7.15. The number of carbonyl (C=O) groups excluding carboxylic acids is 1. The Morgan fingerprint density at radius 1 is 1.38 bits per heavy atom. The molecule has 170 valence electrons. The van der Waals surface area contributed by atoms with Crippen LogP contribution in [0.3, 0.4) is 0 Å². The van der Waals surface area contributed by atoms with Crippen LogP contribution in [0.25, 0.3) is 11.2 Å². The third kappa shape index (κ3) is 4.08. The van der Waals surface area contributed by atoms with Crippen molar-refractivity contribution in [2.24, 2.45) is 0 Å². The number of rotatable bonds is 6. The van der Waals surface area contributed by atoms with Gasteiger partial charge < -0.3 is 24.8 Å². The van der Waals surface area contributed by atoms with Crippen LogP contribution in [0, 0.1) is 16.2 Å². The Bertz CT molecular complexity index is 1170. The molecule has 1 aliphatic heterocycles. The summed E-state index contributed by atoms with van der Waals surface area (Å²) in [6.45, 7) is -0.825. The van der Waals surface area contributed by atoms with E-state index >= 15 is 0 Å². The van der Waals surface area contributed by atoms with E-state index in [1.54, 1.807) is 0 Å². The van der Waals surface area contributed by atoms with E-state index in [4.69, 9.17) is 9.47 Å². The maximum atomic E-state index is 14.0. The Morgan fingerprint density at radius 2 is 2.16 bits per heavy atom. The predicted octanol–water partition coefficient (Wildman–Crippen LogP) is 0.295. The van der Waals surface area contributed by atoms with E-state index in [1.165, 1.54) is 12.1 Å². The molecule has 1 amide bonds. The van der Waals surface area contributed by atoms with E-state index < -0.39 is 48.2 Å². The Morgan fingerprint density at radius 3 is 2.81 bits per heavy atom. The molecule has 4 atom stereocenters. The molecule has 32 heavy (non-hydrogen) atoms. The van der Waals surface area contributed by atoms with E-state index in [1.807, 2.05) is 0 Å². The second-order valence-electron chi connectivity index (χ2n) is 6.59. The van der Waals surface area contributed by atoms with Gasteiger partial charge in [-0.1, -0.05) is 11.3 Å². The molecule has 3 aromatic rings. The van der Waals surface area contributed by atoms with Crippen molar-refractivity contribution in [1.29, 1.82) is 0 Å². The van der Waals surface area contributed by atoms with Crippen molar-refractivity contribution in [2.45, 2.75) is 31.1 Å². The zero-order valence-corrected chi connectivity index (χ0v) is 16.7. The van der Waals surface area contributed by atoms with Gasteiger partial charge in [-0.15, -0.1) is 0 Å². The number of imidazole rings is 1. The number of aliphatic hydroxyl groups excluding tert-OH is 3. The van der Waals surface area contributed by atoms with E-state index in [0.717, 1.165) is 22.2 Å². The lowest BCUT2D eigenvalue weighted by molar-refractivity contribution is -0.380. The van der Waals surface area contributed by atoms with Crippen molar-refractivity contribution >= 4 is 39.4 Å². The van der Waals surface area contributed by atoms with Gasteiger partial charge in [0.25, 0.3) is 0 Å². The zero-order chi connectivity index (χ0) is 23.0. The summed E-state index contributed by atoms with van der Waals surface area (Å²) in [5.41, 5.74) is -0.218. The lowest BCUT2D eigenvalue weighted by Crippen LogP contribution is -2.33. The van der Waals surface area contributed by atoms with Crippen molar-refractivity contribution in [1.82, 2.24) is 19.5 Å². The molecule has 4 heterocycles. The molecule has 14 nitrogen and oxygen atoms in total. The Labute approximate surface area is 181 Å². The molecule has 1 aliphatic rings. The molecule has 1 fully saturated rings. The molecule has 3 aromatic heterocycles. The number of amides is 1. The number of hydrogen-bond acceptors (Lipinski definition) is 12. The first-order valence-electron chi connectivity index (χ1n) is 8.98. The smallest absolute Gasteiger partial charge is 0.413 e. The first-order valence-corrected chi connectivity index (χ1v) is 9.79. The fourth-order valence-electron chi connectivity index (χ4n) is 3.08. The molecule has 0 aliphatic carbocycles. The molecular weight excluding hydrogens is 455 g/mol. The molecule has 0 saturated carbocycles. The number of ether oxygens (including phenoxy) is 2. The Hall–Kier alpha value is -3.31. The van der Waals surface area contributed by atoms with Crippen molar-refractivity contribution in [3.63, 3.8) is 0 Å². The summed E-state index contributed by atoms with van der Waals surface area (Å²) in [7, 11) is 0. The molecule has 4 N–H and O–H groups in total. The number of nitro groups is 1. The first-order chi connectivity index (χ1) is 15.3. The minimum atomic E-state index is -1.46. The van der Waals surface area contributed by atoms with Gasteiger partial charge in [-0.2, -0.15) is 14.4 Å². The normalized spacial score (nSPS) is 22.9. The van der Waals surface area contributed by atoms with Crippen LogP contribution >= 0.6 is 11.3 Å². The summed E-state index contributed by atoms with van der Waals surface area (Å²) >= 11 is 0.833. The van der Waals surface area contributed by atoms with Crippen LogP contribution in [-0.4, -0.2) is 70.8 Å². The van der Waals surface area contributed by atoms with Gasteiger partial charge >= 0.3 is 17.2 Å². The molecule has 0 bridgehead atoms. The summed E-state index contributed by atoms with van der Waals surface area (Å²) in [6, 6.07) is 2.70. The van der Waals surface area contributed by atoms with Gasteiger partial charge in [-0.3, -0.25) is 20.0 Å². The fraction of sp³-hybridized carbons (Fsp3) is 0.375. The highest BCUT2D eigenvalue weighted by atomic mass is 32.1. The average molecular weight is 470 g/mol. The van der Waals surface area contributed by atoms with Gasteiger partial charge in [0.1, 0.15) is 24.9 Å². The molecule has 0 aromatic carbocycles. The van der Waals surface area contributed by atoms with Crippen LogP contribution in [0.5, 0.6) is 0 Å². The molecule has 16 heteroatoms. The first kappa shape index (κ1) is 21.9. The molecule has 4 rings (SSSR count). The predicted molar refractivity (Wildman–Crippen MR) is 103 cm³/mol. The quantitative estimate of drug-likeness (QED) is 0.220. The number of aliphatic hydroxyl groups is 3. The van der Waals surface area contributed by atoms with E-state index in [2.05, 4.69) is 20.3 Å². The van der Waals surface area contributed by atoms with Crippen LogP contribution in [0.2, 0.25) is 0 Å². The molecule has 0 unspecified atom stereocenters. The number of thiophene rings is 1. The van der Waals surface area contributed by atoms with Crippen LogP contribution in [0.1, 0.15) is 11.1 Å². The Balaban J connectivity index is 1.52. The van der Waals surface area contributed by atoms with Gasteiger partial charge in [-0.05, 0) is 6.07 Å². The maximum absolute atomic E-state index is 14.0. The summed E-state index contributed by atoms with van der Waals surface area (Å²) < 4.78 is 25.5. The summed E-state index contributed by atoms with van der Waals surface area (Å²) in [5.74, 6) is -0.333. The van der Waals surface area contributed by atoms with Gasteiger partial charge in [0.2, 0.25) is 0 Å². The number of fused-ring (bicyclic) bond motifs is 1. The second-order valence-corrected chi connectivity index (χ2v) is 7.74. The molecule has 0 radical (unpaired) electrons. The van der Waals surface area contributed by atoms with E-state index in [9.17, 15) is 34.6 Å². The number of halogens is 1. The number of hydrogen-bond donors (Lipinski definition) is 4. The number of anilines is 1. The van der Waals surface area contributed by atoms with Crippen LogP contribution in [0.4, 0.5) is 20.0 Å². The number of aromatic nitrogens is 4. The third-order valence-corrected chi connectivity index (χ3v) is 5.59. The summed E-state index contributed by atoms with van der Waals surface area (Å²) in [4.78, 5) is 33.8. The largest absolute Gasteiger partial charge is 0.444 e. The van der Waals surface area contributed by atoms with Gasteiger partial charge in [0, 0.05) is 10.9 Å². The third-order valence-electron chi connectivity index (χ3n) is 4.58. The SMILES string of the molecule is O=C(Nc1nc(F)nc2c1ncn2[C@@H]1O[C@H](CO)[C@@H](O)[C@@H]1O)OCc1ccc([N+](=O)[O-])s1. The monoisotopic (exact) mass is 470 g/mol. The lowest BCUT2D eigenvalue weighted by Gasteiger charge is -2.16. The second kappa shape index (κ2) is 8.67. The van der Waals surface area contributed by atoms with Crippen molar-refractivity contribution in [3.8, 4) is 0 Å². The maximum Gasteiger partial charge on any atom is 0.413 e. The summed E-state index contributed by atoms with van der Waals surface area (Å²) in [5, 5.41) is 42.2. The Kier molecular flexibility index (Phi) is 5.94. The van der Waals surface area contributed by atoms with Crippen LogP contribution in [0.15, 0.2) is 18.5 Å². The van der Waals surface area contributed by atoms with Gasteiger partial charge in [0.05, 0.1) is 17.9 Å². The topological polar surface area (TPSA) is 195 Å². The number of carbonyl (C=O) groups is 1. The van der Waals surface area contributed by atoms with Crippen molar-refractivity contribution in [2.75, 3.05) is 11.9 Å². The van der Waals surface area contributed by atoms with Crippen molar-refractivity contribution in [3.05, 3.63) is 39.5 Å². The van der Waals surface area contributed by atoms with Gasteiger partial charge in [-0.25, -0.2) is 9.78 Å². The van der Waals surface area contributed by atoms with Crippen LogP contribution < -0.4 is 5.32 Å². The highest BCUT2D eigenvalue weighted by Gasteiger charge is 2.44. The highest BCUT2D eigenvalue weighted by Crippen LogP contribution is 2.32. The molecule has 0 spiro atoms. The van der Waals surface area contributed by atoms with E-state index in [0.29, 0.717) is 4.88 Å². The molecule has 1 saturated heterocycles. The lowest BCUT2D eigenvalue weighted by atomic mass is 10.1. The minimum absolute atomic E-state index is 0.0622. The summed E-state index contributed by atoms with van der Waals surface area (Å²) in [6.07, 6.45) is -6.26. The van der Waals surface area contributed by atoms with E-state index in [-0.39, 0.29) is 28.6 Å². The average Bonchev–Trinajstić information content (AvgIpc) is 3.45. The number of nitrogens with zero attached hydrogens (tertiary/aromatic N) is 5. The fourth-order valence-corrected chi connectivity index (χ4v) is 3.82. The van der Waals surface area contributed by atoms with Gasteiger partial charge in [0.15, 0.2) is 23.2 Å². The molecular formula is C16H15FN6O8S. The standard InChI is InChI=1S/C16H15FN6O8S/c17-15-19-12(20-16(27)30-4-6-1-2-8(32-6)23(28)29)9-13(21-15)22(5-18-9)14-11(26)10(25)7(3-24)31-14/h1-2,5,7,10-11,14,24-26H,3-4H2,(H,19,20,21,27)/t7-,10-,11+,14-/m1/s1. The minimum Gasteiger partial charge on any atom is -0.444 e. The van der Waals surface area contributed by atoms with Crippen molar-refractivity contribution < 1.29 is 38.9 Å². The number of nitrogens with one attached hydrogen (secondary N) is 1. The van der Waals surface area contributed by atoms with Crippen LogP contribution in [-0.2, 0) is 16.1 Å². The zero-order valence-electron chi connectivity index (χ0n) is 15.9.